The molecule has 0 spiro atoms. The molecule has 1 aliphatic carbocycles. The van der Waals surface area contributed by atoms with E-state index in [0.717, 1.165) is 32.4 Å². The molecule has 1 heterocycles. The predicted molar refractivity (Wildman–Crippen MR) is 91.1 cm³/mol. The van der Waals surface area contributed by atoms with Gasteiger partial charge in [-0.3, -0.25) is 9.69 Å². The Kier molecular flexibility index (Phi) is 4.47. The third kappa shape index (κ3) is 3.43. The molecule has 1 aliphatic heterocycles. The molecule has 0 atom stereocenters. The van der Waals surface area contributed by atoms with Crippen molar-refractivity contribution in [1.82, 2.24) is 10.2 Å². The molecule has 0 radical (unpaired) electrons. The third-order valence-corrected chi connectivity index (χ3v) is 5.52. The first-order chi connectivity index (χ1) is 10.9. The Morgan fingerprint density at radius 3 is 2.61 bits per heavy atom. The lowest BCUT2D eigenvalue weighted by Crippen LogP contribution is -2.56. The van der Waals surface area contributed by atoms with Crippen LogP contribution in [0.4, 0.5) is 0 Å². The SMILES string of the molecule is CC(C)(CNC(=O)C1(O)CCCC1)N1CCc2ccccc2C1. The number of hydrogen-bond acceptors (Lipinski definition) is 3. The molecule has 1 aromatic carbocycles. The van der Waals surface area contributed by atoms with Gasteiger partial charge in [0.15, 0.2) is 0 Å². The Morgan fingerprint density at radius 1 is 1.26 bits per heavy atom. The molecular weight excluding hydrogens is 288 g/mol. The number of rotatable bonds is 4. The molecule has 1 fully saturated rings. The zero-order valence-corrected chi connectivity index (χ0v) is 14.3. The van der Waals surface area contributed by atoms with E-state index in [9.17, 15) is 9.90 Å². The Hall–Kier alpha value is -1.39. The minimum Gasteiger partial charge on any atom is -0.380 e. The zero-order valence-electron chi connectivity index (χ0n) is 14.3. The highest BCUT2D eigenvalue weighted by Gasteiger charge is 2.40. The van der Waals surface area contributed by atoms with Crippen LogP contribution in [0.5, 0.6) is 0 Å². The lowest BCUT2D eigenvalue weighted by Gasteiger charge is -2.42. The smallest absolute Gasteiger partial charge is 0.252 e. The Balaban J connectivity index is 1.60. The number of hydrogen-bond donors (Lipinski definition) is 2. The number of carbonyl (C=O) groups excluding carboxylic acids is 1. The summed E-state index contributed by atoms with van der Waals surface area (Å²) in [4.78, 5) is 14.7. The van der Waals surface area contributed by atoms with Crippen molar-refractivity contribution in [2.75, 3.05) is 13.1 Å². The summed E-state index contributed by atoms with van der Waals surface area (Å²) in [5.74, 6) is -0.194. The fourth-order valence-electron chi connectivity index (χ4n) is 3.77. The maximum Gasteiger partial charge on any atom is 0.252 e. The summed E-state index contributed by atoms with van der Waals surface area (Å²) in [6, 6.07) is 8.59. The van der Waals surface area contributed by atoms with Gasteiger partial charge in [0.1, 0.15) is 5.60 Å². The maximum absolute atomic E-state index is 12.3. The summed E-state index contributed by atoms with van der Waals surface area (Å²) >= 11 is 0. The Labute approximate surface area is 138 Å². The van der Waals surface area contributed by atoms with Crippen LogP contribution in [0.2, 0.25) is 0 Å². The number of benzene rings is 1. The number of aliphatic hydroxyl groups is 1. The molecule has 1 saturated carbocycles. The quantitative estimate of drug-likeness (QED) is 0.896. The van der Waals surface area contributed by atoms with Crippen LogP contribution in [0.3, 0.4) is 0 Å². The number of fused-ring (bicyclic) bond motifs is 1. The number of nitrogens with one attached hydrogen (secondary N) is 1. The Bertz CT molecular complexity index is 576. The second-order valence-corrected chi connectivity index (χ2v) is 7.67. The van der Waals surface area contributed by atoms with Gasteiger partial charge in [-0.2, -0.15) is 0 Å². The summed E-state index contributed by atoms with van der Waals surface area (Å²) in [5.41, 5.74) is 1.55. The standard InChI is InChI=1S/C19H28N2O2/c1-18(2,14-20-17(22)19(23)10-5-6-11-19)21-12-9-15-7-3-4-8-16(15)13-21/h3-4,7-8,23H,5-6,9-14H2,1-2H3,(H,20,22). The van der Waals surface area contributed by atoms with E-state index in [1.807, 2.05) is 0 Å². The first-order valence-corrected chi connectivity index (χ1v) is 8.73. The molecular formula is C19H28N2O2. The van der Waals surface area contributed by atoms with Crippen LogP contribution < -0.4 is 5.32 Å². The van der Waals surface area contributed by atoms with Crippen molar-refractivity contribution in [2.45, 2.75) is 63.6 Å². The molecule has 2 aliphatic rings. The van der Waals surface area contributed by atoms with Crippen LogP contribution in [0.25, 0.3) is 0 Å². The summed E-state index contributed by atoms with van der Waals surface area (Å²) in [6.07, 6.45) is 4.12. The van der Waals surface area contributed by atoms with Crippen LogP contribution in [0.15, 0.2) is 24.3 Å². The first-order valence-electron chi connectivity index (χ1n) is 8.73. The van der Waals surface area contributed by atoms with Crippen LogP contribution >= 0.6 is 0 Å². The molecule has 4 nitrogen and oxygen atoms in total. The van der Waals surface area contributed by atoms with Gasteiger partial charge in [-0.05, 0) is 57.1 Å². The van der Waals surface area contributed by atoms with Gasteiger partial charge in [-0.15, -0.1) is 0 Å². The highest BCUT2D eigenvalue weighted by molar-refractivity contribution is 5.85. The molecule has 1 aromatic rings. The van der Waals surface area contributed by atoms with Gasteiger partial charge in [-0.1, -0.05) is 24.3 Å². The molecule has 4 heteroatoms. The van der Waals surface area contributed by atoms with Crippen molar-refractivity contribution < 1.29 is 9.90 Å². The largest absolute Gasteiger partial charge is 0.380 e. The molecule has 0 aromatic heterocycles. The van der Waals surface area contributed by atoms with Crippen LogP contribution in [0.1, 0.15) is 50.7 Å². The van der Waals surface area contributed by atoms with E-state index < -0.39 is 5.60 Å². The van der Waals surface area contributed by atoms with Crippen molar-refractivity contribution in [1.29, 1.82) is 0 Å². The Morgan fingerprint density at radius 2 is 1.91 bits per heavy atom. The van der Waals surface area contributed by atoms with E-state index in [1.54, 1.807) is 0 Å². The monoisotopic (exact) mass is 316 g/mol. The molecule has 1 amide bonds. The predicted octanol–water partition coefficient (Wildman–Crippen LogP) is 2.24. The van der Waals surface area contributed by atoms with Gasteiger partial charge >= 0.3 is 0 Å². The fourth-order valence-corrected chi connectivity index (χ4v) is 3.77. The fraction of sp³-hybridized carbons (Fsp3) is 0.632. The number of amides is 1. The van der Waals surface area contributed by atoms with Crippen LogP contribution in [0, 0.1) is 0 Å². The zero-order chi connectivity index (χ0) is 16.5. The average Bonchev–Trinajstić information content (AvgIpc) is 3.00. The molecule has 0 unspecified atom stereocenters. The van der Waals surface area contributed by atoms with Crippen LogP contribution in [-0.4, -0.2) is 40.1 Å². The van der Waals surface area contributed by atoms with Gasteiger partial charge < -0.3 is 10.4 Å². The molecule has 3 rings (SSSR count). The highest BCUT2D eigenvalue weighted by Crippen LogP contribution is 2.30. The minimum absolute atomic E-state index is 0.127. The van der Waals surface area contributed by atoms with Crippen molar-refractivity contribution >= 4 is 5.91 Å². The molecule has 0 saturated heterocycles. The van der Waals surface area contributed by atoms with E-state index in [1.165, 1.54) is 11.1 Å². The van der Waals surface area contributed by atoms with Gasteiger partial charge in [-0.25, -0.2) is 0 Å². The van der Waals surface area contributed by atoms with Crippen molar-refractivity contribution in [3.05, 3.63) is 35.4 Å². The van der Waals surface area contributed by atoms with E-state index >= 15 is 0 Å². The second kappa shape index (κ2) is 6.25. The van der Waals surface area contributed by atoms with E-state index in [-0.39, 0.29) is 11.4 Å². The van der Waals surface area contributed by atoms with Gasteiger partial charge in [0.05, 0.1) is 0 Å². The third-order valence-electron chi connectivity index (χ3n) is 5.52. The van der Waals surface area contributed by atoms with E-state index in [2.05, 4.69) is 48.3 Å². The summed E-state index contributed by atoms with van der Waals surface area (Å²) in [7, 11) is 0. The first kappa shape index (κ1) is 16.5. The van der Waals surface area contributed by atoms with Gasteiger partial charge in [0, 0.05) is 25.2 Å². The molecule has 23 heavy (non-hydrogen) atoms. The maximum atomic E-state index is 12.3. The molecule has 126 valence electrons. The van der Waals surface area contributed by atoms with Crippen molar-refractivity contribution in [2.24, 2.45) is 0 Å². The van der Waals surface area contributed by atoms with Gasteiger partial charge in [0.2, 0.25) is 0 Å². The normalized spacial score (nSPS) is 21.0. The summed E-state index contributed by atoms with van der Waals surface area (Å²) < 4.78 is 0. The number of nitrogens with zero attached hydrogens (tertiary/aromatic N) is 1. The lowest BCUT2D eigenvalue weighted by molar-refractivity contribution is -0.139. The number of carbonyl (C=O) groups is 1. The van der Waals surface area contributed by atoms with E-state index in [0.29, 0.717) is 19.4 Å². The van der Waals surface area contributed by atoms with Crippen molar-refractivity contribution in [3.8, 4) is 0 Å². The topological polar surface area (TPSA) is 52.6 Å². The van der Waals surface area contributed by atoms with E-state index in [4.69, 9.17) is 0 Å². The average molecular weight is 316 g/mol. The molecule has 0 bridgehead atoms. The second-order valence-electron chi connectivity index (χ2n) is 7.67. The minimum atomic E-state index is -1.13. The molecule has 2 N–H and O–H groups in total. The highest BCUT2D eigenvalue weighted by atomic mass is 16.3. The summed E-state index contributed by atoms with van der Waals surface area (Å²) in [5, 5.41) is 13.4. The lowest BCUT2D eigenvalue weighted by atomic mass is 9.93. The van der Waals surface area contributed by atoms with Crippen LogP contribution in [-0.2, 0) is 17.8 Å². The summed E-state index contributed by atoms with van der Waals surface area (Å²) in [6.45, 7) is 6.82. The van der Waals surface area contributed by atoms with Crippen molar-refractivity contribution in [3.63, 3.8) is 0 Å². The van der Waals surface area contributed by atoms with Gasteiger partial charge in [0.25, 0.3) is 5.91 Å².